The van der Waals surface area contributed by atoms with Crippen molar-refractivity contribution in [1.29, 1.82) is 0 Å². The van der Waals surface area contributed by atoms with Crippen LogP contribution in [0.4, 0.5) is 33.1 Å². The first-order valence-electron chi connectivity index (χ1n) is 7.90. The first kappa shape index (κ1) is 17.9. The maximum absolute atomic E-state index is 14.0. The summed E-state index contributed by atoms with van der Waals surface area (Å²) in [4.78, 5) is 8.27. The molecule has 0 unspecified atom stereocenters. The number of hydrogen-bond donors (Lipinski definition) is 3. The highest BCUT2D eigenvalue weighted by Gasteiger charge is 2.12. The van der Waals surface area contributed by atoms with Gasteiger partial charge in [0.25, 0.3) is 0 Å². The van der Waals surface area contributed by atoms with Crippen LogP contribution in [0.15, 0.2) is 53.3 Å². The van der Waals surface area contributed by atoms with E-state index in [2.05, 4.69) is 36.5 Å². The molecule has 0 aliphatic carbocycles. The molecule has 0 saturated carbocycles. The zero-order valence-electron chi connectivity index (χ0n) is 14.0. The van der Waals surface area contributed by atoms with Crippen molar-refractivity contribution in [3.63, 3.8) is 0 Å². The van der Waals surface area contributed by atoms with E-state index in [0.29, 0.717) is 28.5 Å². The predicted octanol–water partition coefficient (Wildman–Crippen LogP) is 4.85. The summed E-state index contributed by atoms with van der Waals surface area (Å²) in [5, 5.41) is 6.02. The number of para-hydroxylation sites is 2. The zero-order valence-corrected chi connectivity index (χ0v) is 15.5. The third-order valence-corrected chi connectivity index (χ3v) is 4.00. The quantitative estimate of drug-likeness (QED) is 0.531. The number of nitrogens with zero attached hydrogens (tertiary/aromatic N) is 2. The topological polar surface area (TPSA) is 85.1 Å². The van der Waals surface area contributed by atoms with Gasteiger partial charge in [-0.3, -0.25) is 0 Å². The van der Waals surface area contributed by atoms with Crippen molar-refractivity contribution >= 4 is 44.6 Å². The van der Waals surface area contributed by atoms with Crippen LogP contribution in [0.1, 0.15) is 6.92 Å². The van der Waals surface area contributed by atoms with Gasteiger partial charge in [0.05, 0.1) is 18.0 Å². The van der Waals surface area contributed by atoms with Gasteiger partial charge < -0.3 is 21.1 Å². The van der Waals surface area contributed by atoms with Gasteiger partial charge in [-0.25, -0.2) is 14.4 Å². The van der Waals surface area contributed by atoms with Gasteiger partial charge in [-0.15, -0.1) is 0 Å². The standard InChI is InChI=1S/C18H17BrFN5O/c1-2-26-15-6-4-3-5-14(15)25-18-16(21)17(22-10-23-18)24-13-8-7-11(19)9-12(13)20/h3-10H,2,21H2,1H3,(H2,22,23,24,25). The van der Waals surface area contributed by atoms with Crippen LogP contribution in [-0.2, 0) is 0 Å². The van der Waals surface area contributed by atoms with E-state index in [-0.39, 0.29) is 11.4 Å². The number of halogens is 2. The van der Waals surface area contributed by atoms with E-state index in [9.17, 15) is 4.39 Å². The smallest absolute Gasteiger partial charge is 0.159 e. The van der Waals surface area contributed by atoms with Gasteiger partial charge in [-0.1, -0.05) is 28.1 Å². The maximum Gasteiger partial charge on any atom is 0.159 e. The molecule has 0 amide bonds. The molecule has 1 aromatic heterocycles. The summed E-state index contributed by atoms with van der Waals surface area (Å²) in [6.45, 7) is 2.44. The minimum Gasteiger partial charge on any atom is -0.492 e. The largest absolute Gasteiger partial charge is 0.492 e. The van der Waals surface area contributed by atoms with Crippen molar-refractivity contribution in [2.75, 3.05) is 23.0 Å². The minimum absolute atomic E-state index is 0.263. The molecule has 3 rings (SSSR count). The monoisotopic (exact) mass is 417 g/mol. The van der Waals surface area contributed by atoms with Crippen molar-refractivity contribution in [3.05, 3.63) is 59.1 Å². The van der Waals surface area contributed by atoms with Crippen LogP contribution in [-0.4, -0.2) is 16.6 Å². The molecule has 0 bridgehead atoms. The molecule has 8 heteroatoms. The average molecular weight is 418 g/mol. The number of ether oxygens (including phenoxy) is 1. The summed E-state index contributed by atoms with van der Waals surface area (Å²) in [5.74, 6) is 0.958. The molecular formula is C18H17BrFN5O. The van der Waals surface area contributed by atoms with Crippen molar-refractivity contribution < 1.29 is 9.13 Å². The van der Waals surface area contributed by atoms with Crippen molar-refractivity contribution in [1.82, 2.24) is 9.97 Å². The second-order valence-electron chi connectivity index (χ2n) is 5.29. The summed E-state index contributed by atoms with van der Waals surface area (Å²) in [7, 11) is 0. The third-order valence-electron chi connectivity index (χ3n) is 3.51. The average Bonchev–Trinajstić information content (AvgIpc) is 2.62. The highest BCUT2D eigenvalue weighted by Crippen LogP contribution is 2.32. The number of nitrogen functional groups attached to an aromatic ring is 1. The number of anilines is 5. The summed E-state index contributed by atoms with van der Waals surface area (Å²) in [6.07, 6.45) is 1.35. The summed E-state index contributed by atoms with van der Waals surface area (Å²) < 4.78 is 20.3. The Hall–Kier alpha value is -2.87. The van der Waals surface area contributed by atoms with Gasteiger partial charge in [0.15, 0.2) is 11.6 Å². The Kier molecular flexibility index (Phi) is 5.52. The molecule has 2 aromatic carbocycles. The predicted molar refractivity (Wildman–Crippen MR) is 105 cm³/mol. The second kappa shape index (κ2) is 8.01. The van der Waals surface area contributed by atoms with E-state index < -0.39 is 5.82 Å². The van der Waals surface area contributed by atoms with E-state index in [0.717, 1.165) is 5.69 Å². The molecule has 0 atom stereocenters. The Morgan fingerprint density at radius 2 is 1.77 bits per heavy atom. The lowest BCUT2D eigenvalue weighted by Crippen LogP contribution is -2.06. The lowest BCUT2D eigenvalue weighted by atomic mass is 10.2. The molecule has 0 spiro atoms. The van der Waals surface area contributed by atoms with Gasteiger partial charge in [0, 0.05) is 4.47 Å². The maximum atomic E-state index is 14.0. The Bertz CT molecular complexity index is 922. The Balaban J connectivity index is 1.88. The molecule has 0 aliphatic heterocycles. The molecule has 134 valence electrons. The summed E-state index contributed by atoms with van der Waals surface area (Å²) in [6, 6.07) is 12.1. The number of aromatic nitrogens is 2. The van der Waals surface area contributed by atoms with Crippen LogP contribution in [0.3, 0.4) is 0 Å². The van der Waals surface area contributed by atoms with Crippen LogP contribution in [0, 0.1) is 5.82 Å². The molecule has 26 heavy (non-hydrogen) atoms. The van der Waals surface area contributed by atoms with Crippen molar-refractivity contribution in [3.8, 4) is 5.75 Å². The highest BCUT2D eigenvalue weighted by molar-refractivity contribution is 9.10. The molecular weight excluding hydrogens is 401 g/mol. The first-order chi connectivity index (χ1) is 12.6. The van der Waals surface area contributed by atoms with Crippen LogP contribution in [0.25, 0.3) is 0 Å². The lowest BCUT2D eigenvalue weighted by Gasteiger charge is -2.15. The van der Waals surface area contributed by atoms with Gasteiger partial charge in [0.2, 0.25) is 0 Å². The van der Waals surface area contributed by atoms with Crippen LogP contribution in [0.2, 0.25) is 0 Å². The zero-order chi connectivity index (χ0) is 18.5. The molecule has 0 aliphatic rings. The van der Waals surface area contributed by atoms with Crippen molar-refractivity contribution in [2.24, 2.45) is 0 Å². The molecule has 3 aromatic rings. The number of nitrogens with two attached hydrogens (primary N) is 1. The Morgan fingerprint density at radius 3 is 2.46 bits per heavy atom. The van der Waals surface area contributed by atoms with E-state index in [1.54, 1.807) is 12.1 Å². The molecule has 1 heterocycles. The molecule has 4 N–H and O–H groups in total. The van der Waals surface area contributed by atoms with Crippen LogP contribution >= 0.6 is 15.9 Å². The van der Waals surface area contributed by atoms with Crippen molar-refractivity contribution in [2.45, 2.75) is 6.92 Å². The third kappa shape index (κ3) is 4.02. The molecule has 0 radical (unpaired) electrons. The number of hydrogen-bond acceptors (Lipinski definition) is 6. The van der Waals surface area contributed by atoms with E-state index >= 15 is 0 Å². The van der Waals surface area contributed by atoms with Crippen LogP contribution < -0.4 is 21.1 Å². The van der Waals surface area contributed by atoms with Gasteiger partial charge >= 0.3 is 0 Å². The van der Waals surface area contributed by atoms with Gasteiger partial charge in [0.1, 0.15) is 23.6 Å². The second-order valence-corrected chi connectivity index (χ2v) is 6.20. The highest BCUT2D eigenvalue weighted by atomic mass is 79.9. The molecule has 0 saturated heterocycles. The van der Waals surface area contributed by atoms with Gasteiger partial charge in [-0.2, -0.15) is 0 Å². The number of benzene rings is 2. The van der Waals surface area contributed by atoms with E-state index in [1.807, 2.05) is 31.2 Å². The first-order valence-corrected chi connectivity index (χ1v) is 8.69. The minimum atomic E-state index is -0.423. The number of nitrogens with one attached hydrogen (secondary N) is 2. The fourth-order valence-electron chi connectivity index (χ4n) is 2.29. The van der Waals surface area contributed by atoms with Gasteiger partial charge in [-0.05, 0) is 37.3 Å². The fraction of sp³-hybridized carbons (Fsp3) is 0.111. The summed E-state index contributed by atoms with van der Waals surface area (Å²) in [5.41, 5.74) is 7.41. The van der Waals surface area contributed by atoms with Crippen LogP contribution in [0.5, 0.6) is 5.75 Å². The summed E-state index contributed by atoms with van der Waals surface area (Å²) >= 11 is 3.22. The Labute approximate surface area is 158 Å². The Morgan fingerprint density at radius 1 is 1.08 bits per heavy atom. The SMILES string of the molecule is CCOc1ccccc1Nc1ncnc(Nc2ccc(Br)cc2F)c1N. The number of rotatable bonds is 6. The molecule has 6 nitrogen and oxygen atoms in total. The lowest BCUT2D eigenvalue weighted by molar-refractivity contribution is 0.342. The molecule has 0 fully saturated rings. The van der Waals surface area contributed by atoms with E-state index in [4.69, 9.17) is 10.5 Å². The van der Waals surface area contributed by atoms with E-state index in [1.165, 1.54) is 12.4 Å². The normalized spacial score (nSPS) is 10.4. The fourth-order valence-corrected chi connectivity index (χ4v) is 2.63.